The van der Waals surface area contributed by atoms with Gasteiger partial charge in [-0.15, -0.1) is 0 Å². The van der Waals surface area contributed by atoms with Crippen LogP contribution < -0.4 is 0 Å². The Morgan fingerprint density at radius 1 is 0.818 bits per heavy atom. The molecular formula is H2NaO8S2. The van der Waals surface area contributed by atoms with Gasteiger partial charge >= 0.3 is 20.8 Å². The fourth-order valence-corrected chi connectivity index (χ4v) is 0.632. The summed E-state index contributed by atoms with van der Waals surface area (Å²) in [6.07, 6.45) is 0. The average Bonchev–Trinajstić information content (AvgIpc) is 1.57. The quantitative estimate of drug-likeness (QED) is 0.244. The van der Waals surface area contributed by atoms with Crippen molar-refractivity contribution in [2.45, 2.75) is 0 Å². The van der Waals surface area contributed by atoms with Crippen LogP contribution in [0.25, 0.3) is 0 Å². The van der Waals surface area contributed by atoms with Gasteiger partial charge in [0.2, 0.25) is 0 Å². The van der Waals surface area contributed by atoms with E-state index in [0.29, 0.717) is 0 Å². The molecule has 0 rings (SSSR count). The minimum Gasteiger partial charge on any atom is -0.262 e. The van der Waals surface area contributed by atoms with Gasteiger partial charge in [0.1, 0.15) is 0 Å². The van der Waals surface area contributed by atoms with Crippen molar-refractivity contribution in [2.24, 2.45) is 0 Å². The van der Waals surface area contributed by atoms with Crippen LogP contribution >= 0.6 is 0 Å². The maximum Gasteiger partial charge on any atom is 0.425 e. The molecule has 0 unspecified atom stereocenters. The molecule has 0 heterocycles. The molecule has 0 aliphatic rings. The first-order chi connectivity index (χ1) is 4.21. The Labute approximate surface area is 84.6 Å². The largest absolute Gasteiger partial charge is 0.425 e. The van der Waals surface area contributed by atoms with E-state index < -0.39 is 20.8 Å². The molecule has 63 valence electrons. The standard InChI is InChI=1S/Na.H2O8S2/c;1-9(2,3)7-8-10(4,5)6/h;(H,1,2,3)(H,4,5,6). The summed E-state index contributed by atoms with van der Waals surface area (Å²) >= 11 is 0. The van der Waals surface area contributed by atoms with Gasteiger partial charge in [-0.1, -0.05) is 8.67 Å². The second kappa shape index (κ2) is 4.69. The van der Waals surface area contributed by atoms with E-state index >= 15 is 0 Å². The third-order valence-corrected chi connectivity index (χ3v) is 0.766. The fourth-order valence-electron chi connectivity index (χ4n) is 0.0702. The molecule has 0 aromatic carbocycles. The minimum absolute atomic E-state index is 0. The van der Waals surface area contributed by atoms with Crippen LogP contribution in [0, 0.1) is 0 Å². The van der Waals surface area contributed by atoms with Gasteiger partial charge < -0.3 is 0 Å². The van der Waals surface area contributed by atoms with Crippen molar-refractivity contribution in [2.75, 3.05) is 0 Å². The zero-order valence-electron chi connectivity index (χ0n) is 5.16. The molecule has 0 bridgehead atoms. The van der Waals surface area contributed by atoms with Gasteiger partial charge in [-0.05, 0) is 0 Å². The predicted molar refractivity (Wildman–Crippen MR) is 31.0 cm³/mol. The predicted octanol–water partition coefficient (Wildman–Crippen LogP) is -1.84. The molecule has 1 radical (unpaired) electrons. The molecule has 2 N–H and O–H groups in total. The minimum atomic E-state index is -5.02. The topological polar surface area (TPSA) is 127 Å². The van der Waals surface area contributed by atoms with Gasteiger partial charge in [0.15, 0.2) is 0 Å². The molecule has 0 spiro atoms. The average molecular weight is 217 g/mol. The van der Waals surface area contributed by atoms with E-state index in [1.165, 1.54) is 0 Å². The van der Waals surface area contributed by atoms with Crippen molar-refractivity contribution in [3.8, 4) is 0 Å². The van der Waals surface area contributed by atoms with E-state index in [9.17, 15) is 16.8 Å². The van der Waals surface area contributed by atoms with Crippen LogP contribution in [0.3, 0.4) is 0 Å². The van der Waals surface area contributed by atoms with Gasteiger partial charge in [0, 0.05) is 29.6 Å². The number of rotatable bonds is 3. The molecule has 11 heavy (non-hydrogen) atoms. The second-order valence-electron chi connectivity index (χ2n) is 0.992. The summed E-state index contributed by atoms with van der Waals surface area (Å²) in [6.45, 7) is 0. The van der Waals surface area contributed by atoms with Crippen molar-refractivity contribution < 1.29 is 34.6 Å². The number of hydrogen-bond acceptors (Lipinski definition) is 6. The van der Waals surface area contributed by atoms with E-state index in [4.69, 9.17) is 9.11 Å². The van der Waals surface area contributed by atoms with E-state index in [1.807, 2.05) is 0 Å². The Kier molecular flexibility index (Phi) is 6.09. The van der Waals surface area contributed by atoms with Crippen LogP contribution in [-0.2, 0) is 29.5 Å². The third-order valence-electron chi connectivity index (χ3n) is 0.200. The monoisotopic (exact) mass is 217 g/mol. The molecule has 0 aliphatic carbocycles. The summed E-state index contributed by atoms with van der Waals surface area (Å²) in [6, 6.07) is 0. The number of hydrogen-bond donors (Lipinski definition) is 2. The Morgan fingerprint density at radius 2 is 1.00 bits per heavy atom. The van der Waals surface area contributed by atoms with Crippen LogP contribution in [0.5, 0.6) is 0 Å². The summed E-state index contributed by atoms with van der Waals surface area (Å²) in [7, 11) is -10.0. The SMILES string of the molecule is O=S(=O)(O)OOS(=O)(=O)O.[Na]. The van der Waals surface area contributed by atoms with Crippen LogP contribution in [0.2, 0.25) is 0 Å². The summed E-state index contributed by atoms with van der Waals surface area (Å²) in [5.74, 6) is 0. The Morgan fingerprint density at radius 3 is 1.09 bits per heavy atom. The normalized spacial score (nSPS) is 12.2. The summed E-state index contributed by atoms with van der Waals surface area (Å²) in [5.41, 5.74) is 0. The van der Waals surface area contributed by atoms with Gasteiger partial charge in [-0.3, -0.25) is 9.11 Å². The van der Waals surface area contributed by atoms with Crippen LogP contribution in [-0.4, -0.2) is 55.5 Å². The summed E-state index contributed by atoms with van der Waals surface area (Å²) in [5, 5.41) is 0. The second-order valence-corrected chi connectivity index (χ2v) is 2.97. The summed E-state index contributed by atoms with van der Waals surface area (Å²) < 4.78 is 58.9. The first-order valence-corrected chi connectivity index (χ1v) is 4.26. The van der Waals surface area contributed by atoms with Gasteiger partial charge in [0.05, 0.1) is 0 Å². The van der Waals surface area contributed by atoms with Gasteiger partial charge in [-0.25, -0.2) is 0 Å². The van der Waals surface area contributed by atoms with Crippen LogP contribution in [0.15, 0.2) is 0 Å². The molecule has 11 heteroatoms. The van der Waals surface area contributed by atoms with Crippen molar-refractivity contribution in [3.63, 3.8) is 0 Å². The molecule has 0 aromatic heterocycles. The Hall–Kier alpha value is 0.740. The van der Waals surface area contributed by atoms with Crippen molar-refractivity contribution in [3.05, 3.63) is 0 Å². The molecule has 0 saturated heterocycles. The van der Waals surface area contributed by atoms with E-state index in [2.05, 4.69) is 8.67 Å². The third kappa shape index (κ3) is 13.7. The molecular weight excluding hydrogens is 215 g/mol. The zero-order chi connectivity index (χ0) is 8.41. The Bertz CT molecular complexity index is 248. The van der Waals surface area contributed by atoms with Crippen molar-refractivity contribution in [1.82, 2.24) is 0 Å². The molecule has 0 saturated carbocycles. The van der Waals surface area contributed by atoms with Crippen LogP contribution in [0.1, 0.15) is 0 Å². The maximum absolute atomic E-state index is 9.51. The van der Waals surface area contributed by atoms with Gasteiger partial charge in [0.25, 0.3) is 0 Å². The maximum atomic E-state index is 9.51. The van der Waals surface area contributed by atoms with Crippen molar-refractivity contribution >= 4 is 50.4 Å². The van der Waals surface area contributed by atoms with Crippen molar-refractivity contribution in [1.29, 1.82) is 0 Å². The molecule has 0 atom stereocenters. The summed E-state index contributed by atoms with van der Waals surface area (Å²) in [4.78, 5) is 0. The molecule has 0 aliphatic heterocycles. The fraction of sp³-hybridized carbons (Fsp3) is 0. The first kappa shape index (κ1) is 14.3. The van der Waals surface area contributed by atoms with E-state index in [-0.39, 0.29) is 29.6 Å². The van der Waals surface area contributed by atoms with Gasteiger partial charge in [-0.2, -0.15) is 16.8 Å². The zero-order valence-corrected chi connectivity index (χ0v) is 8.79. The van der Waals surface area contributed by atoms with E-state index in [1.54, 1.807) is 0 Å². The van der Waals surface area contributed by atoms with E-state index in [0.717, 1.165) is 0 Å². The van der Waals surface area contributed by atoms with Crippen LogP contribution in [0.4, 0.5) is 0 Å². The molecule has 8 nitrogen and oxygen atoms in total. The molecule has 0 aromatic rings. The smallest absolute Gasteiger partial charge is 0.262 e. The first-order valence-electron chi connectivity index (χ1n) is 1.53. The Balaban J connectivity index is 0. The molecule has 0 amide bonds. The molecule has 0 fully saturated rings.